The van der Waals surface area contributed by atoms with E-state index in [9.17, 15) is 8.42 Å². The number of unbranched alkanes of at least 4 members (excludes halogenated alkanes) is 1. The largest absolute Gasteiger partial charge is 0.244 e. The van der Waals surface area contributed by atoms with Crippen molar-refractivity contribution in [3.05, 3.63) is 27.1 Å². The first kappa shape index (κ1) is 17.6. The number of hydrogen-bond acceptors (Lipinski definition) is 2. The van der Waals surface area contributed by atoms with Crippen LogP contribution in [-0.4, -0.2) is 31.1 Å². The molecule has 0 aromatic heterocycles. The highest BCUT2D eigenvalue weighted by atomic mass is 79.9. The minimum Gasteiger partial charge on any atom is -0.207 e. The quantitative estimate of drug-likeness (QED) is 0.546. The molecule has 0 unspecified atom stereocenters. The van der Waals surface area contributed by atoms with E-state index in [0.717, 1.165) is 17.3 Å². The summed E-state index contributed by atoms with van der Waals surface area (Å²) in [4.78, 5) is 0.305. The molecule has 0 heterocycles. The number of benzene rings is 1. The second kappa shape index (κ2) is 8.12. The van der Waals surface area contributed by atoms with Crippen LogP contribution in [0.15, 0.2) is 32.0 Å². The summed E-state index contributed by atoms with van der Waals surface area (Å²) in [6.45, 7) is 3.07. The standard InChI is InChI=1S/C12H16Br3NO2S/c1-2-3-7-16(8-6-13)19(17,18)12-9-10(14)4-5-11(12)15/h4-5,9H,2-3,6-8H2,1H3. The molecule has 0 amide bonds. The van der Waals surface area contributed by atoms with Gasteiger partial charge in [0.15, 0.2) is 0 Å². The maximum Gasteiger partial charge on any atom is 0.244 e. The molecule has 0 N–H and O–H groups in total. The minimum absolute atomic E-state index is 0.305. The zero-order valence-electron chi connectivity index (χ0n) is 10.6. The van der Waals surface area contributed by atoms with Crippen molar-refractivity contribution in [2.45, 2.75) is 24.7 Å². The Hall–Kier alpha value is 0.570. The Balaban J connectivity index is 3.14. The molecule has 0 aliphatic heterocycles. The fourth-order valence-corrected chi connectivity index (χ4v) is 5.20. The van der Waals surface area contributed by atoms with Gasteiger partial charge in [-0.1, -0.05) is 45.2 Å². The first-order valence-electron chi connectivity index (χ1n) is 5.94. The molecule has 7 heteroatoms. The molecule has 1 rings (SSSR count). The van der Waals surface area contributed by atoms with E-state index >= 15 is 0 Å². The topological polar surface area (TPSA) is 37.4 Å². The third-order valence-corrected chi connectivity index (χ3v) is 6.35. The minimum atomic E-state index is -3.46. The number of nitrogens with zero attached hydrogens (tertiary/aromatic N) is 1. The van der Waals surface area contributed by atoms with Crippen LogP contribution in [0.3, 0.4) is 0 Å². The molecule has 0 spiro atoms. The molecule has 0 atom stereocenters. The Bertz CT molecular complexity index is 520. The zero-order valence-corrected chi connectivity index (χ0v) is 16.1. The van der Waals surface area contributed by atoms with Crippen LogP contribution < -0.4 is 0 Å². The molecule has 0 bridgehead atoms. The van der Waals surface area contributed by atoms with E-state index in [1.807, 2.05) is 13.0 Å². The van der Waals surface area contributed by atoms with Gasteiger partial charge in [-0.05, 0) is 40.5 Å². The van der Waals surface area contributed by atoms with Gasteiger partial charge >= 0.3 is 0 Å². The van der Waals surface area contributed by atoms with Gasteiger partial charge < -0.3 is 0 Å². The number of hydrogen-bond donors (Lipinski definition) is 0. The average molecular weight is 478 g/mol. The summed E-state index contributed by atoms with van der Waals surface area (Å²) >= 11 is 9.94. The summed E-state index contributed by atoms with van der Waals surface area (Å²) in [7, 11) is -3.46. The van der Waals surface area contributed by atoms with Crippen molar-refractivity contribution in [3.63, 3.8) is 0 Å². The van der Waals surface area contributed by atoms with E-state index in [0.29, 0.717) is 27.8 Å². The van der Waals surface area contributed by atoms with Crippen LogP contribution in [0.5, 0.6) is 0 Å². The monoisotopic (exact) mass is 475 g/mol. The zero-order chi connectivity index (χ0) is 14.5. The molecule has 0 saturated carbocycles. The van der Waals surface area contributed by atoms with E-state index in [1.54, 1.807) is 12.1 Å². The number of alkyl halides is 1. The van der Waals surface area contributed by atoms with Crippen LogP contribution >= 0.6 is 47.8 Å². The van der Waals surface area contributed by atoms with Crippen LogP contribution in [-0.2, 0) is 10.0 Å². The van der Waals surface area contributed by atoms with E-state index in [2.05, 4.69) is 47.8 Å². The van der Waals surface area contributed by atoms with Gasteiger partial charge in [-0.15, -0.1) is 0 Å². The van der Waals surface area contributed by atoms with Crippen LogP contribution in [0.4, 0.5) is 0 Å². The van der Waals surface area contributed by atoms with Crippen molar-refractivity contribution in [1.82, 2.24) is 4.31 Å². The Morgan fingerprint density at radius 2 is 1.89 bits per heavy atom. The summed E-state index contributed by atoms with van der Waals surface area (Å²) in [6.07, 6.45) is 1.83. The Morgan fingerprint density at radius 1 is 1.21 bits per heavy atom. The lowest BCUT2D eigenvalue weighted by Crippen LogP contribution is -2.33. The second-order valence-corrected chi connectivity index (χ2v) is 8.49. The van der Waals surface area contributed by atoms with Gasteiger partial charge in [-0.25, -0.2) is 8.42 Å². The Morgan fingerprint density at radius 3 is 2.47 bits per heavy atom. The third-order valence-electron chi connectivity index (χ3n) is 2.61. The molecule has 19 heavy (non-hydrogen) atoms. The van der Waals surface area contributed by atoms with Crippen molar-refractivity contribution in [2.75, 3.05) is 18.4 Å². The summed E-state index contributed by atoms with van der Waals surface area (Å²) in [5, 5.41) is 0.627. The van der Waals surface area contributed by atoms with Gasteiger partial charge in [0.05, 0.1) is 4.90 Å². The van der Waals surface area contributed by atoms with Gasteiger partial charge in [-0.2, -0.15) is 4.31 Å². The molecule has 3 nitrogen and oxygen atoms in total. The highest BCUT2D eigenvalue weighted by Gasteiger charge is 2.25. The first-order valence-corrected chi connectivity index (χ1v) is 10.1. The van der Waals surface area contributed by atoms with Gasteiger partial charge in [0, 0.05) is 27.4 Å². The maximum atomic E-state index is 12.7. The number of rotatable bonds is 7. The summed E-state index contributed by atoms with van der Waals surface area (Å²) < 4.78 is 28.2. The summed E-state index contributed by atoms with van der Waals surface area (Å²) in [6, 6.07) is 5.18. The van der Waals surface area contributed by atoms with Crippen molar-refractivity contribution < 1.29 is 8.42 Å². The SMILES string of the molecule is CCCCN(CCBr)S(=O)(=O)c1cc(Br)ccc1Br. The van der Waals surface area contributed by atoms with E-state index in [4.69, 9.17) is 0 Å². The van der Waals surface area contributed by atoms with Gasteiger partial charge in [0.2, 0.25) is 10.0 Å². The highest BCUT2D eigenvalue weighted by molar-refractivity contribution is 9.11. The molecule has 0 aliphatic rings. The lowest BCUT2D eigenvalue weighted by molar-refractivity contribution is 0.421. The Kier molecular flexibility index (Phi) is 7.53. The number of halogens is 3. The predicted octanol–water partition coefficient (Wildman–Crippen LogP) is 4.40. The highest BCUT2D eigenvalue weighted by Crippen LogP contribution is 2.28. The van der Waals surface area contributed by atoms with Crippen molar-refractivity contribution in [2.24, 2.45) is 0 Å². The maximum absolute atomic E-state index is 12.7. The molecule has 0 radical (unpaired) electrons. The smallest absolute Gasteiger partial charge is 0.207 e. The lowest BCUT2D eigenvalue weighted by atomic mass is 10.3. The van der Waals surface area contributed by atoms with Crippen molar-refractivity contribution in [3.8, 4) is 0 Å². The predicted molar refractivity (Wildman–Crippen MR) is 89.3 cm³/mol. The molecular weight excluding hydrogens is 462 g/mol. The number of sulfonamides is 1. The molecule has 0 aliphatic carbocycles. The Labute approximate surface area is 140 Å². The summed E-state index contributed by atoms with van der Waals surface area (Å²) in [5.41, 5.74) is 0. The lowest BCUT2D eigenvalue weighted by Gasteiger charge is -2.22. The van der Waals surface area contributed by atoms with Gasteiger partial charge in [0.1, 0.15) is 0 Å². The normalized spacial score (nSPS) is 12.1. The third kappa shape index (κ3) is 4.81. The molecule has 108 valence electrons. The fourth-order valence-electron chi connectivity index (χ4n) is 1.59. The molecule has 0 fully saturated rings. The van der Waals surface area contributed by atoms with Crippen LogP contribution in [0.25, 0.3) is 0 Å². The van der Waals surface area contributed by atoms with Crippen LogP contribution in [0.2, 0.25) is 0 Å². The summed E-state index contributed by atoms with van der Waals surface area (Å²) in [5.74, 6) is 0. The molecule has 1 aromatic carbocycles. The van der Waals surface area contributed by atoms with Crippen LogP contribution in [0, 0.1) is 0 Å². The molecule has 0 saturated heterocycles. The van der Waals surface area contributed by atoms with E-state index in [1.165, 1.54) is 4.31 Å². The van der Waals surface area contributed by atoms with Gasteiger partial charge in [0.25, 0.3) is 0 Å². The van der Waals surface area contributed by atoms with E-state index < -0.39 is 10.0 Å². The van der Waals surface area contributed by atoms with Crippen molar-refractivity contribution >= 4 is 57.8 Å². The average Bonchev–Trinajstić information content (AvgIpc) is 2.37. The fraction of sp³-hybridized carbons (Fsp3) is 0.500. The first-order chi connectivity index (χ1) is 8.93. The van der Waals surface area contributed by atoms with Gasteiger partial charge in [-0.3, -0.25) is 0 Å². The van der Waals surface area contributed by atoms with Crippen molar-refractivity contribution in [1.29, 1.82) is 0 Å². The second-order valence-electron chi connectivity index (χ2n) is 4.02. The molecule has 1 aromatic rings. The van der Waals surface area contributed by atoms with E-state index in [-0.39, 0.29) is 0 Å². The van der Waals surface area contributed by atoms with Crippen LogP contribution in [0.1, 0.15) is 19.8 Å². The molecular formula is C12H16Br3NO2S.